The van der Waals surface area contributed by atoms with E-state index in [1.807, 2.05) is 19.1 Å². The first kappa shape index (κ1) is 23.5. The van der Waals surface area contributed by atoms with Crippen molar-refractivity contribution in [3.8, 4) is 11.5 Å². The molecule has 9 heteroatoms. The molecule has 2 aromatic carbocycles. The fourth-order valence-corrected chi connectivity index (χ4v) is 4.78. The number of amides is 1. The molecule has 0 saturated heterocycles. The summed E-state index contributed by atoms with van der Waals surface area (Å²) in [4.78, 5) is 13.0. The van der Waals surface area contributed by atoms with Crippen LogP contribution in [-0.4, -0.2) is 36.9 Å². The molecule has 0 fully saturated rings. The zero-order valence-electron chi connectivity index (χ0n) is 18.8. The molecule has 170 valence electrons. The third-order valence-corrected chi connectivity index (χ3v) is 7.10. The number of carbonyl (C=O) groups is 1. The van der Waals surface area contributed by atoms with Gasteiger partial charge in [0.1, 0.15) is 17.1 Å². The predicted molar refractivity (Wildman–Crippen MR) is 122 cm³/mol. The minimum Gasteiger partial charge on any atom is -0.455 e. The van der Waals surface area contributed by atoms with Gasteiger partial charge in [0.05, 0.1) is 16.3 Å². The van der Waals surface area contributed by atoms with Crippen molar-refractivity contribution in [3.63, 3.8) is 0 Å². The topological polar surface area (TPSA) is 102 Å². The van der Waals surface area contributed by atoms with E-state index in [2.05, 4.69) is 10.5 Å². The number of benzene rings is 2. The van der Waals surface area contributed by atoms with Gasteiger partial charge in [0.25, 0.3) is 5.91 Å². The van der Waals surface area contributed by atoms with Crippen LogP contribution >= 0.6 is 0 Å². The van der Waals surface area contributed by atoms with E-state index in [9.17, 15) is 13.2 Å². The van der Waals surface area contributed by atoms with E-state index < -0.39 is 15.9 Å². The minimum absolute atomic E-state index is 0.0616. The molecule has 0 aliphatic heterocycles. The molecule has 1 aromatic heterocycles. The molecule has 0 atom stereocenters. The molecule has 0 unspecified atom stereocenters. The number of ether oxygens (including phenoxy) is 1. The van der Waals surface area contributed by atoms with Crippen molar-refractivity contribution in [3.05, 3.63) is 65.0 Å². The van der Waals surface area contributed by atoms with Crippen molar-refractivity contribution in [2.45, 2.75) is 39.5 Å². The summed E-state index contributed by atoms with van der Waals surface area (Å²) in [6.07, 6.45) is 0. The van der Waals surface area contributed by atoms with E-state index in [-0.39, 0.29) is 10.6 Å². The van der Waals surface area contributed by atoms with Crippen LogP contribution in [0.2, 0.25) is 0 Å². The molecule has 0 aliphatic rings. The lowest BCUT2D eigenvalue weighted by Gasteiger charge is -2.20. The van der Waals surface area contributed by atoms with Crippen molar-refractivity contribution in [1.82, 2.24) is 9.46 Å². The predicted octanol–water partition coefficient (Wildman–Crippen LogP) is 4.67. The van der Waals surface area contributed by atoms with Crippen LogP contribution in [0.25, 0.3) is 0 Å². The number of anilines is 1. The third-order valence-electron chi connectivity index (χ3n) is 5.05. The van der Waals surface area contributed by atoms with Crippen LogP contribution < -0.4 is 10.1 Å². The molecule has 0 spiro atoms. The van der Waals surface area contributed by atoms with Gasteiger partial charge in [0.15, 0.2) is 5.75 Å². The van der Waals surface area contributed by atoms with Gasteiger partial charge in [-0.15, -0.1) is 0 Å². The summed E-state index contributed by atoms with van der Waals surface area (Å²) in [7, 11) is -3.73. The molecule has 0 aliphatic carbocycles. The maximum atomic E-state index is 13.0. The lowest BCUT2D eigenvalue weighted by Crippen LogP contribution is -2.30. The Morgan fingerprint density at radius 1 is 1.06 bits per heavy atom. The molecule has 1 amide bonds. The number of hydrogen-bond donors (Lipinski definition) is 1. The molecule has 0 saturated carbocycles. The van der Waals surface area contributed by atoms with E-state index in [4.69, 9.17) is 9.26 Å². The summed E-state index contributed by atoms with van der Waals surface area (Å²) in [5, 5.41) is 6.58. The lowest BCUT2D eigenvalue weighted by atomic mass is 10.2. The summed E-state index contributed by atoms with van der Waals surface area (Å²) in [6.45, 7) is 9.48. The number of aryl methyl sites for hydroxylation is 3. The monoisotopic (exact) mass is 457 g/mol. The Balaban J connectivity index is 2.04. The summed E-state index contributed by atoms with van der Waals surface area (Å²) < 4.78 is 38.4. The second-order valence-electron chi connectivity index (χ2n) is 7.32. The summed E-state index contributed by atoms with van der Waals surface area (Å²) >= 11 is 0. The smallest absolute Gasteiger partial charge is 0.261 e. The quantitative estimate of drug-likeness (QED) is 0.527. The number of nitrogens with zero attached hydrogens (tertiary/aromatic N) is 2. The molecular weight excluding hydrogens is 430 g/mol. The number of aromatic nitrogens is 1. The normalized spacial score (nSPS) is 11.6. The number of hydrogen-bond acceptors (Lipinski definition) is 6. The van der Waals surface area contributed by atoms with Gasteiger partial charge in [-0.1, -0.05) is 36.7 Å². The van der Waals surface area contributed by atoms with E-state index in [0.29, 0.717) is 41.6 Å². The van der Waals surface area contributed by atoms with Gasteiger partial charge in [-0.2, -0.15) is 4.31 Å². The molecule has 8 nitrogen and oxygen atoms in total. The molecule has 0 radical (unpaired) electrons. The Morgan fingerprint density at radius 2 is 1.72 bits per heavy atom. The summed E-state index contributed by atoms with van der Waals surface area (Å²) in [6, 6.07) is 11.8. The Hall–Kier alpha value is -3.17. The van der Waals surface area contributed by atoms with Crippen LogP contribution in [0.15, 0.2) is 51.9 Å². The maximum absolute atomic E-state index is 13.0. The highest BCUT2D eigenvalue weighted by molar-refractivity contribution is 7.89. The zero-order chi connectivity index (χ0) is 23.5. The molecular formula is C23H27N3O5S. The molecule has 32 heavy (non-hydrogen) atoms. The number of carbonyl (C=O) groups excluding carboxylic acids is 1. The van der Waals surface area contributed by atoms with Gasteiger partial charge in [-0.05, 0) is 51.1 Å². The molecule has 3 aromatic rings. The minimum atomic E-state index is -3.73. The molecule has 3 rings (SSSR count). The van der Waals surface area contributed by atoms with Crippen LogP contribution in [-0.2, 0) is 10.0 Å². The number of sulfonamides is 1. The van der Waals surface area contributed by atoms with Gasteiger partial charge in [0, 0.05) is 13.1 Å². The standard InChI is InChI=1S/C23H27N3O5S/c1-6-26(7-2)32(28,29)19-12-13-21(30-18-10-8-15(3)9-11-18)20(14-19)24-23(27)22-16(4)25-31-17(22)5/h8-14H,6-7H2,1-5H3,(H,24,27). The molecule has 0 bridgehead atoms. The second kappa shape index (κ2) is 9.54. The van der Waals surface area contributed by atoms with Crippen LogP contribution in [0, 0.1) is 20.8 Å². The highest BCUT2D eigenvalue weighted by Crippen LogP contribution is 2.33. The number of nitrogens with one attached hydrogen (secondary N) is 1. The highest BCUT2D eigenvalue weighted by atomic mass is 32.2. The first-order valence-electron chi connectivity index (χ1n) is 10.3. The second-order valence-corrected chi connectivity index (χ2v) is 9.25. The zero-order valence-corrected chi connectivity index (χ0v) is 19.6. The highest BCUT2D eigenvalue weighted by Gasteiger charge is 2.25. The SMILES string of the molecule is CCN(CC)S(=O)(=O)c1ccc(Oc2ccc(C)cc2)c(NC(=O)c2c(C)noc2C)c1. The third kappa shape index (κ3) is 4.84. The number of rotatable bonds is 8. The van der Waals surface area contributed by atoms with Gasteiger partial charge < -0.3 is 14.6 Å². The Morgan fingerprint density at radius 3 is 2.28 bits per heavy atom. The first-order chi connectivity index (χ1) is 15.2. The van der Waals surface area contributed by atoms with Crippen molar-refractivity contribution in [2.24, 2.45) is 0 Å². The van der Waals surface area contributed by atoms with Gasteiger partial charge in [0.2, 0.25) is 10.0 Å². The van der Waals surface area contributed by atoms with Crippen LogP contribution in [0.4, 0.5) is 5.69 Å². The van der Waals surface area contributed by atoms with E-state index >= 15 is 0 Å². The summed E-state index contributed by atoms with van der Waals surface area (Å²) in [5.41, 5.74) is 2.03. The van der Waals surface area contributed by atoms with Crippen molar-refractivity contribution in [2.75, 3.05) is 18.4 Å². The van der Waals surface area contributed by atoms with Crippen LogP contribution in [0.1, 0.15) is 41.2 Å². The van der Waals surface area contributed by atoms with Gasteiger partial charge in [-0.25, -0.2) is 8.42 Å². The van der Waals surface area contributed by atoms with Gasteiger partial charge >= 0.3 is 0 Å². The first-order valence-corrected chi connectivity index (χ1v) is 11.7. The van der Waals surface area contributed by atoms with Crippen LogP contribution in [0.3, 0.4) is 0 Å². The molecule has 1 N–H and O–H groups in total. The average Bonchev–Trinajstić information content (AvgIpc) is 3.09. The van der Waals surface area contributed by atoms with E-state index in [0.717, 1.165) is 5.56 Å². The van der Waals surface area contributed by atoms with Crippen molar-refractivity contribution < 1.29 is 22.5 Å². The largest absolute Gasteiger partial charge is 0.455 e. The van der Waals surface area contributed by atoms with Crippen molar-refractivity contribution in [1.29, 1.82) is 0 Å². The molecule has 1 heterocycles. The Bertz CT molecular complexity index is 1190. The average molecular weight is 458 g/mol. The fraction of sp³-hybridized carbons (Fsp3) is 0.304. The Kier molecular flexibility index (Phi) is 7.00. The van der Waals surface area contributed by atoms with E-state index in [1.54, 1.807) is 45.9 Å². The maximum Gasteiger partial charge on any atom is 0.261 e. The van der Waals surface area contributed by atoms with Gasteiger partial charge in [-0.3, -0.25) is 4.79 Å². The van der Waals surface area contributed by atoms with Crippen LogP contribution in [0.5, 0.6) is 11.5 Å². The lowest BCUT2D eigenvalue weighted by molar-refractivity contribution is 0.102. The fourth-order valence-electron chi connectivity index (χ4n) is 3.29. The summed E-state index contributed by atoms with van der Waals surface area (Å²) in [5.74, 6) is 0.774. The van der Waals surface area contributed by atoms with Crippen molar-refractivity contribution >= 4 is 21.6 Å². The Labute approximate surface area is 188 Å². The van der Waals surface area contributed by atoms with E-state index in [1.165, 1.54) is 16.4 Å².